The number of ether oxygens (including phenoxy) is 2. The monoisotopic (exact) mass is 235 g/mol. The molecule has 0 bridgehead atoms. The highest BCUT2D eigenvalue weighted by molar-refractivity contribution is 5.89. The molecule has 0 amide bonds. The van der Waals surface area contributed by atoms with Crippen LogP contribution in [0.15, 0.2) is 36.9 Å². The van der Waals surface area contributed by atoms with Crippen LogP contribution in [-0.4, -0.2) is 23.5 Å². The molecule has 0 radical (unpaired) electrons. The number of nitrogens with zero attached hydrogens (tertiary/aromatic N) is 1. The Bertz CT molecular complexity index is 414. The van der Waals surface area contributed by atoms with E-state index in [1.54, 1.807) is 6.92 Å². The van der Waals surface area contributed by atoms with Gasteiger partial charge in [0.05, 0.1) is 17.7 Å². The van der Waals surface area contributed by atoms with Gasteiger partial charge in [-0.1, -0.05) is 6.58 Å². The highest BCUT2D eigenvalue weighted by atomic mass is 16.5. The lowest BCUT2D eigenvalue weighted by Gasteiger charge is -2.04. The van der Waals surface area contributed by atoms with E-state index in [0.717, 1.165) is 0 Å². The number of aromatic nitrogens is 1. The summed E-state index contributed by atoms with van der Waals surface area (Å²) in [6.45, 7) is 4.98. The van der Waals surface area contributed by atoms with Crippen molar-refractivity contribution in [2.45, 2.75) is 13.3 Å². The third-order valence-corrected chi connectivity index (χ3v) is 1.74. The normalized spacial score (nSPS) is 9.47. The lowest BCUT2D eigenvalue weighted by molar-refractivity contribution is -0.140. The van der Waals surface area contributed by atoms with Crippen molar-refractivity contribution >= 4 is 11.9 Å². The molecule has 0 saturated heterocycles. The van der Waals surface area contributed by atoms with E-state index in [4.69, 9.17) is 9.47 Å². The molecule has 1 rings (SSSR count). The Balaban J connectivity index is 2.30. The molecule has 0 aliphatic carbocycles. The molecule has 0 aromatic carbocycles. The first-order valence-electron chi connectivity index (χ1n) is 5.03. The van der Waals surface area contributed by atoms with Gasteiger partial charge in [-0.3, -0.25) is 9.78 Å². The van der Waals surface area contributed by atoms with E-state index in [1.165, 1.54) is 24.5 Å². The molecule has 0 N–H and O–H groups in total. The SMILES string of the molecule is C=C(C)OC(=O)CCOC(=O)c1ccncc1. The topological polar surface area (TPSA) is 65.5 Å². The van der Waals surface area contributed by atoms with Crippen LogP contribution in [0.2, 0.25) is 0 Å². The summed E-state index contributed by atoms with van der Waals surface area (Å²) in [7, 11) is 0. The van der Waals surface area contributed by atoms with Crippen LogP contribution in [0.4, 0.5) is 0 Å². The van der Waals surface area contributed by atoms with E-state index in [-0.39, 0.29) is 13.0 Å². The molecule has 5 nitrogen and oxygen atoms in total. The predicted molar refractivity (Wildman–Crippen MR) is 60.0 cm³/mol. The summed E-state index contributed by atoms with van der Waals surface area (Å²) >= 11 is 0. The van der Waals surface area contributed by atoms with E-state index < -0.39 is 11.9 Å². The summed E-state index contributed by atoms with van der Waals surface area (Å²) < 4.78 is 9.59. The summed E-state index contributed by atoms with van der Waals surface area (Å²) in [5, 5.41) is 0. The van der Waals surface area contributed by atoms with Gasteiger partial charge >= 0.3 is 11.9 Å². The van der Waals surface area contributed by atoms with Gasteiger partial charge in [0.2, 0.25) is 0 Å². The lowest BCUT2D eigenvalue weighted by Crippen LogP contribution is -2.11. The van der Waals surface area contributed by atoms with E-state index in [0.29, 0.717) is 11.3 Å². The van der Waals surface area contributed by atoms with Gasteiger partial charge in [0, 0.05) is 12.4 Å². The smallest absolute Gasteiger partial charge is 0.338 e. The van der Waals surface area contributed by atoms with Crippen LogP contribution in [0.5, 0.6) is 0 Å². The van der Waals surface area contributed by atoms with Crippen molar-refractivity contribution in [1.29, 1.82) is 0 Å². The molecule has 0 saturated carbocycles. The fourth-order valence-corrected chi connectivity index (χ4v) is 1.04. The van der Waals surface area contributed by atoms with Crippen molar-refractivity contribution in [1.82, 2.24) is 4.98 Å². The van der Waals surface area contributed by atoms with Crippen LogP contribution in [0, 0.1) is 0 Å². The number of esters is 2. The number of rotatable bonds is 5. The number of allylic oxidation sites excluding steroid dienone is 1. The third kappa shape index (κ3) is 4.92. The zero-order valence-electron chi connectivity index (χ0n) is 9.51. The minimum absolute atomic E-state index is 0.00365. The predicted octanol–water partition coefficient (Wildman–Crippen LogP) is 1.71. The van der Waals surface area contributed by atoms with Crippen LogP contribution in [0.1, 0.15) is 23.7 Å². The van der Waals surface area contributed by atoms with Gasteiger partial charge in [-0.15, -0.1) is 0 Å². The first-order chi connectivity index (χ1) is 8.09. The zero-order valence-corrected chi connectivity index (χ0v) is 9.51. The molecule has 0 aliphatic heterocycles. The fraction of sp³-hybridized carbons (Fsp3) is 0.250. The molecule has 17 heavy (non-hydrogen) atoms. The average Bonchev–Trinajstić information content (AvgIpc) is 2.29. The Morgan fingerprint density at radius 1 is 1.35 bits per heavy atom. The molecule has 0 spiro atoms. The molecule has 1 aromatic rings. The Labute approximate surface area is 99.1 Å². The van der Waals surface area contributed by atoms with Crippen LogP contribution in [-0.2, 0) is 14.3 Å². The van der Waals surface area contributed by atoms with E-state index in [2.05, 4.69) is 11.6 Å². The Morgan fingerprint density at radius 3 is 2.59 bits per heavy atom. The summed E-state index contributed by atoms with van der Waals surface area (Å²) in [5.74, 6) is -0.647. The second-order valence-electron chi connectivity index (χ2n) is 3.30. The second-order valence-corrected chi connectivity index (χ2v) is 3.30. The molecule has 5 heteroatoms. The maximum atomic E-state index is 11.4. The summed E-state index contributed by atoms with van der Waals surface area (Å²) in [6, 6.07) is 3.07. The zero-order chi connectivity index (χ0) is 12.7. The summed E-state index contributed by atoms with van der Waals surface area (Å²) in [4.78, 5) is 26.3. The molecule has 0 atom stereocenters. The van der Waals surface area contributed by atoms with Gasteiger partial charge in [-0.05, 0) is 19.1 Å². The molecule has 90 valence electrons. The Morgan fingerprint density at radius 2 is 2.00 bits per heavy atom. The highest BCUT2D eigenvalue weighted by Crippen LogP contribution is 2.01. The molecule has 1 aromatic heterocycles. The number of carbonyl (C=O) groups is 2. The van der Waals surface area contributed by atoms with Gasteiger partial charge in [0.15, 0.2) is 0 Å². The van der Waals surface area contributed by atoms with Crippen LogP contribution in [0.25, 0.3) is 0 Å². The van der Waals surface area contributed by atoms with E-state index in [9.17, 15) is 9.59 Å². The van der Waals surface area contributed by atoms with Crippen molar-refractivity contribution in [2.75, 3.05) is 6.61 Å². The lowest BCUT2D eigenvalue weighted by atomic mass is 10.3. The Kier molecular flexibility index (Phi) is 4.87. The number of hydrogen-bond acceptors (Lipinski definition) is 5. The van der Waals surface area contributed by atoms with Gasteiger partial charge in [0.1, 0.15) is 6.61 Å². The summed E-state index contributed by atoms with van der Waals surface area (Å²) in [5.41, 5.74) is 0.397. The Hall–Kier alpha value is -2.17. The molecular formula is C12H13NO4. The maximum Gasteiger partial charge on any atom is 0.338 e. The fourth-order valence-electron chi connectivity index (χ4n) is 1.04. The first-order valence-corrected chi connectivity index (χ1v) is 5.03. The van der Waals surface area contributed by atoms with Crippen molar-refractivity contribution in [2.24, 2.45) is 0 Å². The minimum atomic E-state index is -0.490. The van der Waals surface area contributed by atoms with E-state index >= 15 is 0 Å². The van der Waals surface area contributed by atoms with Crippen LogP contribution < -0.4 is 0 Å². The van der Waals surface area contributed by atoms with Gasteiger partial charge in [-0.25, -0.2) is 4.79 Å². The van der Waals surface area contributed by atoms with Crippen molar-refractivity contribution in [3.05, 3.63) is 42.4 Å². The second kappa shape index (κ2) is 6.42. The first kappa shape index (κ1) is 12.9. The van der Waals surface area contributed by atoms with Gasteiger partial charge < -0.3 is 9.47 Å². The van der Waals surface area contributed by atoms with Crippen LogP contribution in [0.3, 0.4) is 0 Å². The van der Waals surface area contributed by atoms with Crippen molar-refractivity contribution in [3.8, 4) is 0 Å². The quantitative estimate of drug-likeness (QED) is 0.574. The third-order valence-electron chi connectivity index (χ3n) is 1.74. The maximum absolute atomic E-state index is 11.4. The molecular weight excluding hydrogens is 222 g/mol. The highest BCUT2D eigenvalue weighted by Gasteiger charge is 2.08. The number of carbonyl (C=O) groups excluding carboxylic acids is 2. The van der Waals surface area contributed by atoms with E-state index in [1.807, 2.05) is 0 Å². The largest absolute Gasteiger partial charge is 0.461 e. The molecule has 0 aliphatic rings. The molecule has 0 unspecified atom stereocenters. The molecule has 0 fully saturated rings. The van der Waals surface area contributed by atoms with Crippen LogP contribution >= 0.6 is 0 Å². The van der Waals surface area contributed by atoms with Gasteiger partial charge in [-0.2, -0.15) is 0 Å². The minimum Gasteiger partial charge on any atom is -0.461 e. The summed E-state index contributed by atoms with van der Waals surface area (Å²) in [6.07, 6.45) is 2.99. The molecule has 1 heterocycles. The van der Waals surface area contributed by atoms with Crippen molar-refractivity contribution < 1.29 is 19.1 Å². The van der Waals surface area contributed by atoms with Crippen molar-refractivity contribution in [3.63, 3.8) is 0 Å². The average molecular weight is 235 g/mol. The van der Waals surface area contributed by atoms with Gasteiger partial charge in [0.25, 0.3) is 0 Å². The standard InChI is InChI=1S/C12H13NO4/c1-9(2)17-11(14)5-8-16-12(15)10-3-6-13-7-4-10/h3-4,6-7H,1,5,8H2,2H3. The number of pyridine rings is 1. The number of hydrogen-bond donors (Lipinski definition) is 0.